The van der Waals surface area contributed by atoms with Crippen molar-refractivity contribution in [3.8, 4) is 0 Å². The van der Waals surface area contributed by atoms with Gasteiger partial charge >= 0.3 is 11.9 Å². The van der Waals surface area contributed by atoms with E-state index in [1.165, 1.54) is 12.3 Å². The van der Waals surface area contributed by atoms with Crippen LogP contribution in [0.4, 0.5) is 0 Å². The molecule has 1 aliphatic heterocycles. The number of thiocarbonyl (C=S) groups is 1. The first-order valence-electron chi connectivity index (χ1n) is 7.80. The van der Waals surface area contributed by atoms with E-state index in [4.69, 9.17) is 17.3 Å². The van der Waals surface area contributed by atoms with Crippen LogP contribution in [0.5, 0.6) is 0 Å². The van der Waals surface area contributed by atoms with Gasteiger partial charge in [0.2, 0.25) is 0 Å². The fraction of sp³-hybridized carbons (Fsp3) is 0.176. The van der Waals surface area contributed by atoms with Gasteiger partial charge in [0.1, 0.15) is 10.4 Å². The molecule has 27 heavy (non-hydrogen) atoms. The number of rotatable bonds is 6. The van der Waals surface area contributed by atoms with E-state index in [0.29, 0.717) is 16.7 Å². The van der Waals surface area contributed by atoms with E-state index in [1.807, 2.05) is 18.2 Å². The summed E-state index contributed by atoms with van der Waals surface area (Å²) in [6.45, 7) is 0. The van der Waals surface area contributed by atoms with E-state index in [9.17, 15) is 19.5 Å². The lowest BCUT2D eigenvalue weighted by Gasteiger charge is -2.22. The van der Waals surface area contributed by atoms with Crippen LogP contribution in [-0.2, 0) is 14.4 Å². The van der Waals surface area contributed by atoms with E-state index in [2.05, 4.69) is 9.97 Å². The van der Waals surface area contributed by atoms with Crippen molar-refractivity contribution in [1.29, 1.82) is 0 Å². The van der Waals surface area contributed by atoms with Gasteiger partial charge in [0.25, 0.3) is 5.91 Å². The summed E-state index contributed by atoms with van der Waals surface area (Å²) in [7, 11) is 0. The molecular weight excluding hydrogens is 390 g/mol. The summed E-state index contributed by atoms with van der Waals surface area (Å²) in [6.07, 6.45) is 2.38. The predicted molar refractivity (Wildman–Crippen MR) is 103 cm³/mol. The van der Waals surface area contributed by atoms with Gasteiger partial charge in [0.15, 0.2) is 0 Å². The number of amides is 1. The van der Waals surface area contributed by atoms with Crippen LogP contribution < -0.4 is 0 Å². The van der Waals surface area contributed by atoms with Crippen LogP contribution in [0.2, 0.25) is 0 Å². The first-order valence-corrected chi connectivity index (χ1v) is 9.02. The number of carboxylic acid groups (broad SMARTS) is 2. The highest BCUT2D eigenvalue weighted by Gasteiger charge is 2.40. The molecule has 1 saturated heterocycles. The molecule has 0 aliphatic carbocycles. The van der Waals surface area contributed by atoms with Gasteiger partial charge in [0.05, 0.1) is 27.8 Å². The maximum Gasteiger partial charge on any atom is 0.326 e. The Morgan fingerprint density at radius 2 is 1.96 bits per heavy atom. The van der Waals surface area contributed by atoms with E-state index in [-0.39, 0.29) is 22.1 Å². The standard InChI is InChI=1S/C17H13N3O5S2/c21-14(22)6-5-12(16(24)25)20-15(23)13(27-17(20)26)7-9-8-18-10-3-1-2-4-11(10)19-9/h1-4,7-8,12H,5-6H2,(H,21,22)(H,24,25)/b13-7+/t12-/m1/s1. The molecule has 0 radical (unpaired) electrons. The van der Waals surface area contributed by atoms with Crippen LogP contribution in [0.3, 0.4) is 0 Å². The molecule has 0 bridgehead atoms. The smallest absolute Gasteiger partial charge is 0.326 e. The zero-order valence-corrected chi connectivity index (χ0v) is 15.4. The van der Waals surface area contributed by atoms with E-state index in [0.717, 1.165) is 16.7 Å². The molecule has 10 heteroatoms. The number of para-hydroxylation sites is 2. The number of thioether (sulfide) groups is 1. The Balaban J connectivity index is 1.88. The first kappa shape index (κ1) is 18.9. The summed E-state index contributed by atoms with van der Waals surface area (Å²) in [5.41, 5.74) is 1.81. The fourth-order valence-corrected chi connectivity index (χ4v) is 3.89. The van der Waals surface area contributed by atoms with Crippen molar-refractivity contribution in [1.82, 2.24) is 14.9 Å². The Labute approximate surface area is 162 Å². The molecule has 138 valence electrons. The third-order valence-corrected chi connectivity index (χ3v) is 5.13. The number of aliphatic carboxylic acids is 2. The van der Waals surface area contributed by atoms with Crippen molar-refractivity contribution in [3.63, 3.8) is 0 Å². The summed E-state index contributed by atoms with van der Waals surface area (Å²) >= 11 is 6.10. The Morgan fingerprint density at radius 3 is 2.63 bits per heavy atom. The monoisotopic (exact) mass is 403 g/mol. The summed E-state index contributed by atoms with van der Waals surface area (Å²) < 4.78 is 0.0674. The summed E-state index contributed by atoms with van der Waals surface area (Å²) in [4.78, 5) is 44.8. The molecule has 1 amide bonds. The molecule has 3 rings (SSSR count). The lowest BCUT2D eigenvalue weighted by atomic mass is 10.1. The average Bonchev–Trinajstić information content (AvgIpc) is 2.89. The topological polar surface area (TPSA) is 121 Å². The highest BCUT2D eigenvalue weighted by Crippen LogP contribution is 2.34. The molecule has 2 N–H and O–H groups in total. The van der Waals surface area contributed by atoms with Crippen LogP contribution in [0.15, 0.2) is 35.4 Å². The van der Waals surface area contributed by atoms with Crippen LogP contribution in [-0.4, -0.2) is 53.3 Å². The van der Waals surface area contributed by atoms with Crippen molar-refractivity contribution in [2.45, 2.75) is 18.9 Å². The van der Waals surface area contributed by atoms with E-state index in [1.54, 1.807) is 6.07 Å². The maximum atomic E-state index is 12.7. The predicted octanol–water partition coefficient (Wildman–Crippen LogP) is 2.15. The van der Waals surface area contributed by atoms with Crippen molar-refractivity contribution in [2.24, 2.45) is 0 Å². The molecule has 8 nitrogen and oxygen atoms in total. The van der Waals surface area contributed by atoms with Gasteiger partial charge in [-0.05, 0) is 24.6 Å². The number of carbonyl (C=O) groups excluding carboxylic acids is 1. The van der Waals surface area contributed by atoms with Crippen molar-refractivity contribution >= 4 is 63.3 Å². The summed E-state index contributed by atoms with van der Waals surface area (Å²) in [5.74, 6) is -3.04. The van der Waals surface area contributed by atoms with Crippen LogP contribution in [0, 0.1) is 0 Å². The molecule has 1 aromatic carbocycles. The van der Waals surface area contributed by atoms with Crippen molar-refractivity contribution in [2.75, 3.05) is 0 Å². The number of aromatic nitrogens is 2. The second-order valence-corrected chi connectivity index (χ2v) is 7.30. The SMILES string of the molecule is O=C(O)CC[C@H](C(=O)O)N1C(=O)/C(=C\c2cnc3ccccc3n2)SC1=S. The first-order chi connectivity index (χ1) is 12.9. The molecule has 1 atom stereocenters. The lowest BCUT2D eigenvalue weighted by Crippen LogP contribution is -2.44. The zero-order chi connectivity index (χ0) is 19.6. The fourth-order valence-electron chi connectivity index (χ4n) is 2.55. The summed E-state index contributed by atoms with van der Waals surface area (Å²) in [6, 6.07) is 5.93. The van der Waals surface area contributed by atoms with Crippen molar-refractivity contribution < 1.29 is 24.6 Å². The molecule has 0 unspecified atom stereocenters. The molecule has 0 saturated carbocycles. The molecule has 1 aromatic heterocycles. The Hall–Kier alpha value is -2.85. The van der Waals surface area contributed by atoms with E-state index >= 15 is 0 Å². The number of hydrogen-bond donors (Lipinski definition) is 2. The third kappa shape index (κ3) is 4.12. The number of carboxylic acids is 2. The highest BCUT2D eigenvalue weighted by molar-refractivity contribution is 8.26. The minimum Gasteiger partial charge on any atom is -0.481 e. The average molecular weight is 403 g/mol. The third-order valence-electron chi connectivity index (χ3n) is 3.80. The Bertz CT molecular complexity index is 991. The Kier molecular flexibility index (Phi) is 5.47. The largest absolute Gasteiger partial charge is 0.481 e. The number of benzene rings is 1. The number of carbonyl (C=O) groups is 3. The van der Waals surface area contributed by atoms with Crippen molar-refractivity contribution in [3.05, 3.63) is 41.1 Å². The lowest BCUT2D eigenvalue weighted by molar-refractivity contribution is -0.146. The normalized spacial score (nSPS) is 16.9. The van der Waals surface area contributed by atoms with Gasteiger partial charge in [-0.1, -0.05) is 36.1 Å². The molecule has 2 heterocycles. The van der Waals surface area contributed by atoms with Gasteiger partial charge < -0.3 is 10.2 Å². The van der Waals surface area contributed by atoms with Gasteiger partial charge in [-0.25, -0.2) is 9.78 Å². The van der Waals surface area contributed by atoms with Gasteiger partial charge in [-0.2, -0.15) is 0 Å². The highest BCUT2D eigenvalue weighted by atomic mass is 32.2. The Morgan fingerprint density at radius 1 is 1.26 bits per heavy atom. The van der Waals surface area contributed by atoms with Gasteiger partial charge in [-0.3, -0.25) is 19.5 Å². The number of nitrogens with zero attached hydrogens (tertiary/aromatic N) is 3. The van der Waals surface area contributed by atoms with Gasteiger partial charge in [-0.15, -0.1) is 0 Å². The molecule has 1 aliphatic rings. The zero-order valence-electron chi connectivity index (χ0n) is 13.7. The quantitative estimate of drug-likeness (QED) is 0.552. The second kappa shape index (κ2) is 7.80. The van der Waals surface area contributed by atoms with E-state index < -0.39 is 23.9 Å². The molecular formula is C17H13N3O5S2. The second-order valence-electron chi connectivity index (χ2n) is 5.62. The number of hydrogen-bond acceptors (Lipinski definition) is 7. The molecule has 2 aromatic rings. The minimum absolute atomic E-state index is 0.0674. The van der Waals surface area contributed by atoms with Crippen LogP contribution in [0.1, 0.15) is 18.5 Å². The maximum absolute atomic E-state index is 12.7. The molecule has 1 fully saturated rings. The molecule has 0 spiro atoms. The number of fused-ring (bicyclic) bond motifs is 1. The van der Waals surface area contributed by atoms with Gasteiger partial charge in [0, 0.05) is 6.42 Å². The summed E-state index contributed by atoms with van der Waals surface area (Å²) in [5, 5.41) is 18.2. The minimum atomic E-state index is -1.33. The van der Waals surface area contributed by atoms with Crippen LogP contribution >= 0.6 is 24.0 Å². The van der Waals surface area contributed by atoms with Crippen LogP contribution in [0.25, 0.3) is 17.1 Å².